The first-order chi connectivity index (χ1) is 16.0. The zero-order valence-electron chi connectivity index (χ0n) is 18.2. The summed E-state index contributed by atoms with van der Waals surface area (Å²) in [6, 6.07) is 15.9. The molecule has 0 spiro atoms. The Morgan fingerprint density at radius 3 is 2.52 bits per heavy atom. The number of aliphatic hydroxyl groups excluding tert-OH is 1. The van der Waals surface area contributed by atoms with E-state index in [4.69, 9.17) is 16.5 Å². The molecule has 0 unspecified atom stereocenters. The van der Waals surface area contributed by atoms with Crippen LogP contribution >= 0.6 is 0 Å². The molecule has 33 heavy (non-hydrogen) atoms. The van der Waals surface area contributed by atoms with Crippen molar-refractivity contribution >= 4 is 17.2 Å². The van der Waals surface area contributed by atoms with Crippen molar-refractivity contribution in [2.75, 3.05) is 12.3 Å². The number of rotatable bonds is 5. The van der Waals surface area contributed by atoms with Crippen LogP contribution in [0.2, 0.25) is 0 Å². The van der Waals surface area contributed by atoms with Gasteiger partial charge < -0.3 is 16.6 Å². The van der Waals surface area contributed by atoms with E-state index in [1.54, 1.807) is 10.7 Å². The molecule has 4 aromatic rings. The zero-order valence-corrected chi connectivity index (χ0v) is 18.2. The van der Waals surface area contributed by atoms with Gasteiger partial charge in [0.05, 0.1) is 17.4 Å². The summed E-state index contributed by atoms with van der Waals surface area (Å²) in [6.45, 7) is -0.519. The minimum atomic E-state index is -0.950. The lowest BCUT2D eigenvalue weighted by Crippen LogP contribution is -2.51. The molecule has 0 atom stereocenters. The Labute approximate surface area is 191 Å². The average Bonchev–Trinajstić information content (AvgIpc) is 3.29. The molecule has 5 rings (SSSR count). The predicted octanol–water partition coefficient (Wildman–Crippen LogP) is 2.96. The van der Waals surface area contributed by atoms with E-state index in [1.807, 2.05) is 54.7 Å². The molecular formula is C25H26N6O2. The molecule has 5 N–H and O–H groups in total. The molecule has 3 aromatic heterocycles. The number of Topliss-reactive ketones (excluding diaryl/α,β-unsaturated/α-hetero) is 1. The maximum absolute atomic E-state index is 12.0. The van der Waals surface area contributed by atoms with Crippen molar-refractivity contribution in [3.05, 3.63) is 66.6 Å². The molecule has 168 valence electrons. The molecule has 1 aliphatic rings. The number of fused-ring (bicyclic) bond motifs is 1. The maximum Gasteiger partial charge on any atom is 0.177 e. The highest BCUT2D eigenvalue weighted by molar-refractivity contribution is 5.89. The van der Waals surface area contributed by atoms with Crippen molar-refractivity contribution < 1.29 is 9.90 Å². The number of hydrogen-bond donors (Lipinski definition) is 3. The summed E-state index contributed by atoms with van der Waals surface area (Å²) in [7, 11) is 0. The normalized spacial score (nSPS) is 20.7. The van der Waals surface area contributed by atoms with Crippen LogP contribution in [-0.4, -0.2) is 42.6 Å². The van der Waals surface area contributed by atoms with Crippen molar-refractivity contribution in [3.8, 4) is 22.4 Å². The Morgan fingerprint density at radius 1 is 1.09 bits per heavy atom. The van der Waals surface area contributed by atoms with E-state index >= 15 is 0 Å². The Morgan fingerprint density at radius 2 is 1.85 bits per heavy atom. The van der Waals surface area contributed by atoms with Gasteiger partial charge in [-0.25, -0.2) is 4.98 Å². The number of nitrogens with two attached hydrogens (primary N) is 2. The van der Waals surface area contributed by atoms with Crippen molar-refractivity contribution in [1.82, 2.24) is 19.6 Å². The van der Waals surface area contributed by atoms with Gasteiger partial charge in [-0.15, -0.1) is 0 Å². The van der Waals surface area contributed by atoms with E-state index in [0.29, 0.717) is 37.1 Å². The quantitative estimate of drug-likeness (QED) is 0.433. The number of anilines is 1. The second kappa shape index (κ2) is 8.38. The maximum atomic E-state index is 12.0. The number of aliphatic hydroxyl groups is 1. The molecule has 1 fully saturated rings. The third-order valence-corrected chi connectivity index (χ3v) is 6.66. The molecule has 0 amide bonds. The summed E-state index contributed by atoms with van der Waals surface area (Å²) in [5, 5.41) is 13.6. The van der Waals surface area contributed by atoms with Gasteiger partial charge in [0, 0.05) is 40.6 Å². The summed E-state index contributed by atoms with van der Waals surface area (Å²) in [4.78, 5) is 21.5. The third kappa shape index (κ3) is 3.88. The van der Waals surface area contributed by atoms with Crippen LogP contribution in [0.3, 0.4) is 0 Å². The SMILES string of the molecule is Nc1cc(C2CCC(N)(C(=O)CO)CC2)nc2c(-c3ccc(-c4ccccc4)nc3)cnn12. The van der Waals surface area contributed by atoms with E-state index in [9.17, 15) is 9.90 Å². The second-order valence-corrected chi connectivity index (χ2v) is 8.71. The van der Waals surface area contributed by atoms with Gasteiger partial charge in [0.15, 0.2) is 11.4 Å². The number of aromatic nitrogens is 4. The van der Waals surface area contributed by atoms with Crippen LogP contribution in [0.15, 0.2) is 60.9 Å². The monoisotopic (exact) mass is 442 g/mol. The largest absolute Gasteiger partial charge is 0.389 e. The lowest BCUT2D eigenvalue weighted by atomic mass is 9.74. The van der Waals surface area contributed by atoms with Crippen LogP contribution in [0.1, 0.15) is 37.3 Å². The standard InChI is InChI=1S/C25H26N6O2/c26-23-12-21(17-8-10-25(27,11-9-17)22(33)15-32)30-24-19(14-29-31(23)24)18-6-7-20(28-13-18)16-4-2-1-3-5-16/h1-7,12-14,17,32H,8-11,15,26-27H2. The summed E-state index contributed by atoms with van der Waals surface area (Å²) >= 11 is 0. The molecule has 0 bridgehead atoms. The van der Waals surface area contributed by atoms with Gasteiger partial charge in [-0.3, -0.25) is 9.78 Å². The number of hydrogen-bond acceptors (Lipinski definition) is 7. The Kier molecular flexibility index (Phi) is 5.39. The van der Waals surface area contributed by atoms with Crippen molar-refractivity contribution in [2.24, 2.45) is 5.73 Å². The van der Waals surface area contributed by atoms with Crippen LogP contribution in [0.25, 0.3) is 28.0 Å². The van der Waals surface area contributed by atoms with Crippen LogP contribution in [-0.2, 0) is 4.79 Å². The van der Waals surface area contributed by atoms with Crippen molar-refractivity contribution in [2.45, 2.75) is 37.1 Å². The highest BCUT2D eigenvalue weighted by atomic mass is 16.3. The fourth-order valence-corrected chi connectivity index (χ4v) is 4.62. The Bertz CT molecular complexity index is 1290. The molecular weight excluding hydrogens is 416 g/mol. The van der Waals surface area contributed by atoms with E-state index in [1.165, 1.54) is 0 Å². The Balaban J connectivity index is 1.45. The first-order valence-electron chi connectivity index (χ1n) is 11.1. The van der Waals surface area contributed by atoms with Crippen LogP contribution in [0.4, 0.5) is 5.82 Å². The third-order valence-electron chi connectivity index (χ3n) is 6.66. The predicted molar refractivity (Wildman–Crippen MR) is 126 cm³/mol. The van der Waals surface area contributed by atoms with Gasteiger partial charge in [-0.05, 0) is 31.7 Å². The van der Waals surface area contributed by atoms with Crippen LogP contribution in [0.5, 0.6) is 0 Å². The van der Waals surface area contributed by atoms with Gasteiger partial charge in [0.1, 0.15) is 12.4 Å². The number of ketones is 1. The molecule has 1 aromatic carbocycles. The lowest BCUT2D eigenvalue weighted by molar-refractivity contribution is -0.128. The number of pyridine rings is 1. The smallest absolute Gasteiger partial charge is 0.177 e. The minimum Gasteiger partial charge on any atom is -0.389 e. The average molecular weight is 443 g/mol. The highest BCUT2D eigenvalue weighted by Crippen LogP contribution is 2.38. The summed E-state index contributed by atoms with van der Waals surface area (Å²) in [5.74, 6) is 0.348. The summed E-state index contributed by atoms with van der Waals surface area (Å²) < 4.78 is 1.63. The molecule has 0 saturated heterocycles. The highest BCUT2D eigenvalue weighted by Gasteiger charge is 2.38. The minimum absolute atomic E-state index is 0.141. The first-order valence-corrected chi connectivity index (χ1v) is 11.1. The number of nitrogen functional groups attached to an aromatic ring is 1. The molecule has 0 aliphatic heterocycles. The lowest BCUT2D eigenvalue weighted by Gasteiger charge is -2.35. The van der Waals surface area contributed by atoms with Gasteiger partial charge >= 0.3 is 0 Å². The van der Waals surface area contributed by atoms with Crippen LogP contribution in [0, 0.1) is 0 Å². The fourth-order valence-electron chi connectivity index (χ4n) is 4.62. The van der Waals surface area contributed by atoms with E-state index < -0.39 is 12.1 Å². The zero-order chi connectivity index (χ0) is 23.0. The number of benzene rings is 1. The molecule has 3 heterocycles. The van der Waals surface area contributed by atoms with E-state index in [0.717, 1.165) is 28.1 Å². The van der Waals surface area contributed by atoms with E-state index in [-0.39, 0.29) is 11.7 Å². The fraction of sp³-hybridized carbons (Fsp3) is 0.280. The van der Waals surface area contributed by atoms with Gasteiger partial charge in [-0.1, -0.05) is 36.4 Å². The number of nitrogens with zero attached hydrogens (tertiary/aromatic N) is 4. The molecule has 1 aliphatic carbocycles. The molecule has 1 saturated carbocycles. The molecule has 8 heteroatoms. The van der Waals surface area contributed by atoms with Crippen molar-refractivity contribution in [3.63, 3.8) is 0 Å². The van der Waals surface area contributed by atoms with Crippen LogP contribution < -0.4 is 11.5 Å². The molecule has 8 nitrogen and oxygen atoms in total. The second-order valence-electron chi connectivity index (χ2n) is 8.71. The van der Waals surface area contributed by atoms with Gasteiger partial charge in [-0.2, -0.15) is 9.61 Å². The van der Waals surface area contributed by atoms with E-state index in [2.05, 4.69) is 10.1 Å². The first kappa shape index (κ1) is 21.2. The molecule has 0 radical (unpaired) electrons. The number of carbonyl (C=O) groups excluding carboxylic acids is 1. The van der Waals surface area contributed by atoms with Crippen molar-refractivity contribution in [1.29, 1.82) is 0 Å². The summed E-state index contributed by atoms with van der Waals surface area (Å²) in [5.41, 5.74) is 16.9. The van der Waals surface area contributed by atoms with Gasteiger partial charge in [0.2, 0.25) is 0 Å². The Hall–Kier alpha value is -3.62. The summed E-state index contributed by atoms with van der Waals surface area (Å²) in [6.07, 6.45) is 6.03. The topological polar surface area (TPSA) is 132 Å². The number of carbonyl (C=O) groups is 1. The van der Waals surface area contributed by atoms with Gasteiger partial charge in [0.25, 0.3) is 0 Å².